The fourth-order valence-electron chi connectivity index (χ4n) is 3.08. The van der Waals surface area contributed by atoms with Gasteiger partial charge >= 0.3 is 0 Å². The van der Waals surface area contributed by atoms with Crippen LogP contribution in [0, 0.1) is 0 Å². The summed E-state index contributed by atoms with van der Waals surface area (Å²) >= 11 is 0. The Kier molecular flexibility index (Phi) is 3.10. The highest BCUT2D eigenvalue weighted by Gasteiger charge is 2.26. The molecule has 2 unspecified atom stereocenters. The summed E-state index contributed by atoms with van der Waals surface area (Å²) in [4.78, 5) is 0. The molecule has 4 heteroatoms. The molecule has 106 valence electrons. The van der Waals surface area contributed by atoms with Crippen LogP contribution in [-0.4, -0.2) is 19.9 Å². The van der Waals surface area contributed by atoms with Crippen molar-refractivity contribution < 1.29 is 8.42 Å². The molecule has 3 nitrogen and oxygen atoms in total. The first-order valence-electron chi connectivity index (χ1n) is 6.87. The van der Waals surface area contributed by atoms with Crippen molar-refractivity contribution in [2.45, 2.75) is 31.1 Å². The van der Waals surface area contributed by atoms with E-state index in [1.54, 1.807) is 6.92 Å². The summed E-state index contributed by atoms with van der Waals surface area (Å²) in [6.45, 7) is 1.68. The van der Waals surface area contributed by atoms with Crippen molar-refractivity contribution in [2.24, 2.45) is 5.73 Å². The maximum absolute atomic E-state index is 11.7. The molecule has 0 aromatic heterocycles. The average Bonchev–Trinajstić information content (AvgIpc) is 2.82. The molecule has 0 radical (unpaired) electrons. The minimum absolute atomic E-state index is 0.491. The van der Waals surface area contributed by atoms with Crippen molar-refractivity contribution in [3.8, 4) is 0 Å². The molecule has 0 heterocycles. The first-order valence-corrected chi connectivity index (χ1v) is 8.83. The van der Waals surface area contributed by atoms with E-state index in [1.807, 2.05) is 12.1 Å². The summed E-state index contributed by atoms with van der Waals surface area (Å²) in [5.41, 5.74) is 9.86. The summed E-state index contributed by atoms with van der Waals surface area (Å²) in [6, 6.07) is 9.84. The van der Waals surface area contributed by atoms with Gasteiger partial charge in [-0.2, -0.15) is 0 Å². The number of aryl methyl sites for hydroxylation is 2. The minimum atomic E-state index is -3.15. The summed E-state index contributed by atoms with van der Waals surface area (Å²) in [5.74, 6) is 0. The Morgan fingerprint density at radius 1 is 1.10 bits per heavy atom. The lowest BCUT2D eigenvalue weighted by molar-refractivity contribution is 0.571. The third kappa shape index (κ3) is 2.03. The number of hydrogen-bond donors (Lipinski definition) is 1. The first kappa shape index (κ1) is 13.6. The maximum Gasteiger partial charge on any atom is 0.151 e. The Morgan fingerprint density at radius 2 is 1.75 bits per heavy atom. The summed E-state index contributed by atoms with van der Waals surface area (Å²) in [6.07, 6.45) is 3.37. The van der Waals surface area contributed by atoms with Gasteiger partial charge in [0.2, 0.25) is 0 Å². The van der Waals surface area contributed by atoms with Crippen LogP contribution in [0.5, 0.6) is 0 Å². The molecule has 0 saturated carbocycles. The summed E-state index contributed by atoms with van der Waals surface area (Å²) in [5, 5.41) is 1.81. The monoisotopic (exact) mass is 289 g/mol. The van der Waals surface area contributed by atoms with Crippen LogP contribution in [0.25, 0.3) is 10.8 Å². The molecule has 3 rings (SSSR count). The zero-order chi connectivity index (χ0) is 14.5. The molecule has 0 spiro atoms. The van der Waals surface area contributed by atoms with Gasteiger partial charge in [0.25, 0.3) is 0 Å². The van der Waals surface area contributed by atoms with Crippen LogP contribution in [-0.2, 0) is 22.7 Å². The molecule has 0 fully saturated rings. The molecule has 1 aliphatic rings. The van der Waals surface area contributed by atoms with Crippen molar-refractivity contribution in [1.82, 2.24) is 0 Å². The Morgan fingerprint density at radius 3 is 2.40 bits per heavy atom. The van der Waals surface area contributed by atoms with Crippen LogP contribution in [0.2, 0.25) is 0 Å². The van der Waals surface area contributed by atoms with Gasteiger partial charge in [-0.25, -0.2) is 8.42 Å². The molecule has 0 amide bonds. The van der Waals surface area contributed by atoms with Crippen LogP contribution in [0.1, 0.15) is 29.7 Å². The Balaban J connectivity index is 2.19. The first-order chi connectivity index (χ1) is 9.39. The lowest BCUT2D eigenvalue weighted by Crippen LogP contribution is -2.30. The third-order valence-corrected chi connectivity index (χ3v) is 6.09. The van der Waals surface area contributed by atoms with E-state index in [0.29, 0.717) is 0 Å². The second-order valence-corrected chi connectivity index (χ2v) is 8.12. The summed E-state index contributed by atoms with van der Waals surface area (Å²) in [7, 11) is -3.15. The van der Waals surface area contributed by atoms with Gasteiger partial charge in [-0.1, -0.05) is 30.3 Å². The van der Waals surface area contributed by atoms with Gasteiger partial charge in [0.15, 0.2) is 9.84 Å². The normalized spacial score (nSPS) is 17.4. The van der Waals surface area contributed by atoms with Crippen LogP contribution in [0.15, 0.2) is 30.3 Å². The fraction of sp³-hybridized carbons (Fsp3) is 0.375. The number of benzene rings is 2. The maximum atomic E-state index is 11.7. The second kappa shape index (κ2) is 4.57. The van der Waals surface area contributed by atoms with Gasteiger partial charge in [-0.3, -0.25) is 0 Å². The van der Waals surface area contributed by atoms with Crippen molar-refractivity contribution in [3.05, 3.63) is 47.0 Å². The van der Waals surface area contributed by atoms with Crippen LogP contribution in [0.4, 0.5) is 0 Å². The zero-order valence-corrected chi connectivity index (χ0v) is 12.6. The summed E-state index contributed by atoms with van der Waals surface area (Å²) < 4.78 is 23.5. The van der Waals surface area contributed by atoms with E-state index in [4.69, 9.17) is 5.73 Å². The number of sulfone groups is 1. The smallest absolute Gasteiger partial charge is 0.151 e. The van der Waals surface area contributed by atoms with Gasteiger partial charge in [0.1, 0.15) is 0 Å². The zero-order valence-electron chi connectivity index (χ0n) is 11.8. The van der Waals surface area contributed by atoms with E-state index >= 15 is 0 Å². The van der Waals surface area contributed by atoms with Crippen molar-refractivity contribution >= 4 is 20.6 Å². The van der Waals surface area contributed by atoms with E-state index in [2.05, 4.69) is 18.2 Å². The molecule has 0 bridgehead atoms. The Hall–Kier alpha value is -1.39. The third-order valence-electron chi connectivity index (χ3n) is 4.45. The van der Waals surface area contributed by atoms with Crippen molar-refractivity contribution in [3.63, 3.8) is 0 Å². The fourth-order valence-corrected chi connectivity index (χ4v) is 3.76. The molecule has 2 aromatic carbocycles. The van der Waals surface area contributed by atoms with Crippen LogP contribution in [0.3, 0.4) is 0 Å². The molecular formula is C16H19NO2S. The Bertz CT molecular complexity index is 770. The highest BCUT2D eigenvalue weighted by atomic mass is 32.2. The second-order valence-electron chi connectivity index (χ2n) is 5.71. The van der Waals surface area contributed by atoms with E-state index < -0.39 is 21.1 Å². The number of rotatable bonds is 3. The lowest BCUT2D eigenvalue weighted by atomic mass is 9.95. The van der Waals surface area contributed by atoms with E-state index in [-0.39, 0.29) is 0 Å². The van der Waals surface area contributed by atoms with Gasteiger partial charge in [-0.05, 0) is 47.2 Å². The predicted molar refractivity (Wildman–Crippen MR) is 82.6 cm³/mol. The standard InChI is InChI=1S/C16H19NO2S/c1-10(20(2,18)19)16(17)14-9-8-12-7-6-11-4-3-5-13(14)15(11)12/h3-5,8-10,16H,6-7,17H2,1-2H3. The van der Waals surface area contributed by atoms with Gasteiger partial charge in [0, 0.05) is 12.3 Å². The minimum Gasteiger partial charge on any atom is -0.323 e. The molecule has 0 aliphatic heterocycles. The average molecular weight is 289 g/mol. The van der Waals surface area contributed by atoms with E-state index in [0.717, 1.165) is 23.8 Å². The molecule has 2 atom stereocenters. The SMILES string of the molecule is CC(C(N)c1ccc2c3c(cccc13)CC2)S(C)(=O)=O. The largest absolute Gasteiger partial charge is 0.323 e. The quantitative estimate of drug-likeness (QED) is 0.943. The van der Waals surface area contributed by atoms with Gasteiger partial charge < -0.3 is 5.73 Å². The lowest BCUT2D eigenvalue weighted by Gasteiger charge is -2.21. The molecule has 2 N–H and O–H groups in total. The van der Waals surface area contributed by atoms with Crippen molar-refractivity contribution in [2.75, 3.05) is 6.26 Å². The number of hydrogen-bond acceptors (Lipinski definition) is 3. The highest BCUT2D eigenvalue weighted by Crippen LogP contribution is 2.35. The predicted octanol–water partition coefficient (Wildman–Crippen LogP) is 2.37. The van der Waals surface area contributed by atoms with E-state index in [1.165, 1.54) is 22.8 Å². The number of nitrogens with two attached hydrogens (primary N) is 1. The topological polar surface area (TPSA) is 60.2 Å². The molecule has 1 aliphatic carbocycles. The van der Waals surface area contributed by atoms with Crippen molar-refractivity contribution in [1.29, 1.82) is 0 Å². The molecular weight excluding hydrogens is 270 g/mol. The molecule has 20 heavy (non-hydrogen) atoms. The van der Waals surface area contributed by atoms with Gasteiger partial charge in [-0.15, -0.1) is 0 Å². The Labute approximate surface area is 119 Å². The highest BCUT2D eigenvalue weighted by molar-refractivity contribution is 7.91. The van der Waals surface area contributed by atoms with Crippen LogP contribution >= 0.6 is 0 Å². The van der Waals surface area contributed by atoms with E-state index in [9.17, 15) is 8.42 Å². The van der Waals surface area contributed by atoms with Crippen LogP contribution < -0.4 is 5.73 Å². The van der Waals surface area contributed by atoms with Gasteiger partial charge in [0.05, 0.1) is 5.25 Å². The molecule has 0 saturated heterocycles. The molecule has 2 aromatic rings.